The predicted molar refractivity (Wildman–Crippen MR) is 79.4 cm³/mol. The minimum absolute atomic E-state index is 0.0360. The fraction of sp³-hybridized carbons (Fsp3) is 1.00. The van der Waals surface area contributed by atoms with Crippen LogP contribution in [0.15, 0.2) is 0 Å². The summed E-state index contributed by atoms with van der Waals surface area (Å²) >= 11 is 0. The normalized spacial score (nSPS) is 24.3. The third-order valence-electron chi connectivity index (χ3n) is 4.15. The quantitative estimate of drug-likeness (QED) is 0.653. The van der Waals surface area contributed by atoms with Crippen LogP contribution in [0.2, 0.25) is 0 Å². The van der Waals surface area contributed by atoms with E-state index >= 15 is 0 Å². The molecule has 1 fully saturated rings. The summed E-state index contributed by atoms with van der Waals surface area (Å²) in [5.41, 5.74) is 0. The monoisotopic (exact) mass is 272 g/mol. The van der Waals surface area contributed by atoms with Crippen LogP contribution in [0.4, 0.5) is 0 Å². The first-order valence-electron chi connectivity index (χ1n) is 7.81. The lowest BCUT2D eigenvalue weighted by Gasteiger charge is -2.35. The Bertz CT molecular complexity index is 212. The van der Waals surface area contributed by atoms with Gasteiger partial charge in [0.05, 0.1) is 0 Å². The molecule has 0 aromatic rings. The van der Waals surface area contributed by atoms with Gasteiger partial charge in [-0.05, 0) is 53.6 Å². The zero-order chi connectivity index (χ0) is 14.1. The number of hydrogen-bond donors (Lipinski definition) is 1. The number of hydrogen-bond acceptors (Lipinski definition) is 4. The molecule has 0 aromatic carbocycles. The van der Waals surface area contributed by atoms with Gasteiger partial charge < -0.3 is 19.7 Å². The zero-order valence-corrected chi connectivity index (χ0v) is 13.2. The number of nitrogens with one attached hydrogen (secondary N) is 1. The first-order chi connectivity index (χ1) is 9.21. The molecule has 1 aliphatic rings. The maximum atomic E-state index is 5.60. The Labute approximate surface area is 118 Å². The van der Waals surface area contributed by atoms with Crippen molar-refractivity contribution in [2.24, 2.45) is 0 Å². The molecule has 0 aromatic heterocycles. The van der Waals surface area contributed by atoms with E-state index in [-0.39, 0.29) is 6.29 Å². The van der Waals surface area contributed by atoms with E-state index in [4.69, 9.17) is 9.47 Å². The first-order valence-corrected chi connectivity index (χ1v) is 7.81. The van der Waals surface area contributed by atoms with Crippen molar-refractivity contribution in [2.45, 2.75) is 64.3 Å². The Hall–Kier alpha value is -0.160. The van der Waals surface area contributed by atoms with Crippen molar-refractivity contribution in [3.05, 3.63) is 0 Å². The maximum Gasteiger partial charge on any atom is 0.158 e. The smallest absolute Gasteiger partial charge is 0.158 e. The summed E-state index contributed by atoms with van der Waals surface area (Å²) in [4.78, 5) is 2.48. The van der Waals surface area contributed by atoms with Gasteiger partial charge in [-0.3, -0.25) is 0 Å². The van der Waals surface area contributed by atoms with Crippen LogP contribution in [0.1, 0.15) is 46.0 Å². The lowest BCUT2D eigenvalue weighted by Crippen LogP contribution is -2.41. The molecule has 114 valence electrons. The van der Waals surface area contributed by atoms with Crippen LogP contribution in [0.3, 0.4) is 0 Å². The average Bonchev–Trinajstić information content (AvgIpc) is 2.45. The van der Waals surface area contributed by atoms with Gasteiger partial charge in [0.1, 0.15) is 0 Å². The summed E-state index contributed by atoms with van der Waals surface area (Å²) in [5.74, 6) is 0. The second kappa shape index (κ2) is 9.70. The van der Waals surface area contributed by atoms with E-state index in [0.29, 0.717) is 0 Å². The molecule has 0 spiro atoms. The molecule has 1 N–H and O–H groups in total. The van der Waals surface area contributed by atoms with Crippen molar-refractivity contribution in [1.82, 2.24) is 10.2 Å². The van der Waals surface area contributed by atoms with Crippen LogP contribution in [-0.2, 0) is 9.47 Å². The summed E-state index contributed by atoms with van der Waals surface area (Å²) in [6.07, 6.45) is 6.12. The fourth-order valence-corrected chi connectivity index (χ4v) is 2.88. The SMILES string of the molecule is CCOC(CCN(C)C1CCC(NC)CC1)OCC. The largest absolute Gasteiger partial charge is 0.353 e. The minimum Gasteiger partial charge on any atom is -0.353 e. The fourth-order valence-electron chi connectivity index (χ4n) is 2.88. The van der Waals surface area contributed by atoms with Crippen LogP contribution in [0.25, 0.3) is 0 Å². The highest BCUT2D eigenvalue weighted by Gasteiger charge is 2.23. The first kappa shape index (κ1) is 16.9. The molecule has 0 aliphatic heterocycles. The standard InChI is InChI=1S/C15H32N2O2/c1-5-18-15(19-6-2)11-12-17(4)14-9-7-13(16-3)8-10-14/h13-16H,5-12H2,1-4H3. The Morgan fingerprint density at radius 1 is 1.11 bits per heavy atom. The number of nitrogens with zero attached hydrogens (tertiary/aromatic N) is 1. The molecule has 0 amide bonds. The topological polar surface area (TPSA) is 33.7 Å². The zero-order valence-electron chi connectivity index (χ0n) is 13.2. The minimum atomic E-state index is -0.0360. The highest BCUT2D eigenvalue weighted by Crippen LogP contribution is 2.22. The number of ether oxygens (including phenoxy) is 2. The third-order valence-corrected chi connectivity index (χ3v) is 4.15. The second-order valence-corrected chi connectivity index (χ2v) is 5.40. The summed E-state index contributed by atoms with van der Waals surface area (Å²) in [6.45, 7) is 6.55. The van der Waals surface area contributed by atoms with Gasteiger partial charge in [-0.2, -0.15) is 0 Å². The Kier molecular flexibility index (Phi) is 8.62. The van der Waals surface area contributed by atoms with E-state index in [1.54, 1.807) is 0 Å². The highest BCUT2D eigenvalue weighted by molar-refractivity contribution is 4.81. The lowest BCUT2D eigenvalue weighted by molar-refractivity contribution is -0.142. The molecule has 0 unspecified atom stereocenters. The molecular weight excluding hydrogens is 240 g/mol. The van der Waals surface area contributed by atoms with Crippen molar-refractivity contribution >= 4 is 0 Å². The number of rotatable bonds is 9. The van der Waals surface area contributed by atoms with Gasteiger partial charge >= 0.3 is 0 Å². The van der Waals surface area contributed by atoms with Crippen molar-refractivity contribution < 1.29 is 9.47 Å². The Morgan fingerprint density at radius 2 is 1.68 bits per heavy atom. The molecule has 0 heterocycles. The van der Waals surface area contributed by atoms with Crippen LogP contribution in [0, 0.1) is 0 Å². The molecule has 0 atom stereocenters. The molecule has 4 heteroatoms. The van der Waals surface area contributed by atoms with Gasteiger partial charge in [0.25, 0.3) is 0 Å². The summed E-state index contributed by atoms with van der Waals surface area (Å²) < 4.78 is 11.2. The van der Waals surface area contributed by atoms with E-state index in [2.05, 4.69) is 24.3 Å². The third kappa shape index (κ3) is 6.21. The van der Waals surface area contributed by atoms with Crippen molar-refractivity contribution in [2.75, 3.05) is 33.9 Å². The van der Waals surface area contributed by atoms with Crippen molar-refractivity contribution in [3.8, 4) is 0 Å². The Morgan fingerprint density at radius 3 is 2.16 bits per heavy atom. The molecule has 1 saturated carbocycles. The second-order valence-electron chi connectivity index (χ2n) is 5.40. The summed E-state index contributed by atoms with van der Waals surface area (Å²) in [7, 11) is 4.31. The lowest BCUT2D eigenvalue weighted by atomic mass is 9.90. The van der Waals surface area contributed by atoms with Gasteiger partial charge in [-0.25, -0.2) is 0 Å². The van der Waals surface area contributed by atoms with E-state index in [9.17, 15) is 0 Å². The van der Waals surface area contributed by atoms with E-state index in [1.807, 2.05) is 13.8 Å². The van der Waals surface area contributed by atoms with Crippen molar-refractivity contribution in [3.63, 3.8) is 0 Å². The van der Waals surface area contributed by atoms with Gasteiger partial charge in [0.2, 0.25) is 0 Å². The predicted octanol–water partition coefficient (Wildman–Crippen LogP) is 2.24. The molecule has 0 radical (unpaired) electrons. The molecular formula is C15H32N2O2. The van der Waals surface area contributed by atoms with E-state index in [1.165, 1.54) is 25.7 Å². The van der Waals surface area contributed by atoms with Crippen LogP contribution >= 0.6 is 0 Å². The molecule has 1 rings (SSSR count). The van der Waals surface area contributed by atoms with E-state index < -0.39 is 0 Å². The molecule has 19 heavy (non-hydrogen) atoms. The highest BCUT2D eigenvalue weighted by atomic mass is 16.7. The average molecular weight is 272 g/mol. The molecule has 0 saturated heterocycles. The molecule has 0 bridgehead atoms. The molecule has 4 nitrogen and oxygen atoms in total. The summed E-state index contributed by atoms with van der Waals surface area (Å²) in [6, 6.07) is 1.46. The Balaban J connectivity index is 2.24. The van der Waals surface area contributed by atoms with Gasteiger partial charge in [0, 0.05) is 38.3 Å². The van der Waals surface area contributed by atoms with Gasteiger partial charge in [0.15, 0.2) is 6.29 Å². The van der Waals surface area contributed by atoms with E-state index in [0.717, 1.165) is 38.3 Å². The maximum absolute atomic E-state index is 5.60. The summed E-state index contributed by atoms with van der Waals surface area (Å²) in [5, 5.41) is 3.39. The van der Waals surface area contributed by atoms with Gasteiger partial charge in [-0.1, -0.05) is 0 Å². The van der Waals surface area contributed by atoms with Gasteiger partial charge in [-0.15, -0.1) is 0 Å². The van der Waals surface area contributed by atoms with Crippen LogP contribution in [0.5, 0.6) is 0 Å². The van der Waals surface area contributed by atoms with Crippen molar-refractivity contribution in [1.29, 1.82) is 0 Å². The van der Waals surface area contributed by atoms with Crippen LogP contribution < -0.4 is 5.32 Å². The molecule has 1 aliphatic carbocycles. The van der Waals surface area contributed by atoms with Crippen LogP contribution in [-0.4, -0.2) is 57.1 Å².